The molecule has 1 saturated heterocycles. The van der Waals surface area contributed by atoms with Crippen molar-refractivity contribution in [1.29, 1.82) is 0 Å². The lowest BCUT2D eigenvalue weighted by Crippen LogP contribution is -2.45. The number of amides is 4. The van der Waals surface area contributed by atoms with E-state index in [2.05, 4.69) is 24.5 Å². The van der Waals surface area contributed by atoms with E-state index in [4.69, 9.17) is 4.74 Å². The Morgan fingerprint density at radius 2 is 1.92 bits per heavy atom. The van der Waals surface area contributed by atoms with Gasteiger partial charge in [-0.05, 0) is 43.4 Å². The fourth-order valence-electron chi connectivity index (χ4n) is 2.78. The molecule has 1 heterocycles. The molecule has 7 nitrogen and oxygen atoms in total. The molecule has 1 aromatic carbocycles. The summed E-state index contributed by atoms with van der Waals surface area (Å²) in [5.74, 6) is 0.443. The molecule has 1 aliphatic heterocycles. The number of rotatable bonds is 8. The van der Waals surface area contributed by atoms with Gasteiger partial charge in [0.2, 0.25) is 5.91 Å². The molecule has 2 N–H and O–H groups in total. The van der Waals surface area contributed by atoms with Crippen LogP contribution in [0.15, 0.2) is 24.3 Å². The Morgan fingerprint density at radius 1 is 1.27 bits per heavy atom. The van der Waals surface area contributed by atoms with Crippen LogP contribution in [0.2, 0.25) is 0 Å². The lowest BCUT2D eigenvalue weighted by Gasteiger charge is -2.22. The van der Waals surface area contributed by atoms with Crippen LogP contribution in [0.5, 0.6) is 5.75 Å². The highest BCUT2D eigenvalue weighted by molar-refractivity contribution is 6.08. The summed E-state index contributed by atoms with van der Waals surface area (Å²) in [6.07, 6.45) is 1.37. The maximum atomic E-state index is 12.6. The topological polar surface area (TPSA) is 87.7 Å². The Bertz CT molecular complexity index is 672. The number of benzene rings is 1. The Labute approximate surface area is 154 Å². The van der Waals surface area contributed by atoms with Crippen molar-refractivity contribution in [3.63, 3.8) is 0 Å². The van der Waals surface area contributed by atoms with Gasteiger partial charge in [-0.2, -0.15) is 0 Å². The highest BCUT2D eigenvalue weighted by Gasteiger charge is 2.47. The second-order valence-corrected chi connectivity index (χ2v) is 7.21. The van der Waals surface area contributed by atoms with Crippen LogP contribution in [-0.4, -0.2) is 41.9 Å². The van der Waals surface area contributed by atoms with Crippen LogP contribution in [0.4, 0.5) is 4.79 Å². The van der Waals surface area contributed by atoms with Crippen molar-refractivity contribution in [2.24, 2.45) is 5.92 Å². The Balaban J connectivity index is 1.89. The van der Waals surface area contributed by atoms with Gasteiger partial charge in [-0.3, -0.25) is 14.5 Å². The zero-order valence-corrected chi connectivity index (χ0v) is 15.8. The molecule has 0 radical (unpaired) electrons. The van der Waals surface area contributed by atoms with Crippen molar-refractivity contribution in [3.05, 3.63) is 29.8 Å². The zero-order valence-electron chi connectivity index (χ0n) is 15.8. The fraction of sp³-hybridized carbons (Fsp3) is 0.526. The molecule has 0 aromatic heterocycles. The van der Waals surface area contributed by atoms with Crippen molar-refractivity contribution in [2.75, 3.05) is 13.7 Å². The van der Waals surface area contributed by atoms with Crippen LogP contribution in [0.1, 0.15) is 39.2 Å². The molecule has 1 atom stereocenters. The minimum atomic E-state index is -0.933. The Morgan fingerprint density at radius 3 is 2.50 bits per heavy atom. The van der Waals surface area contributed by atoms with Gasteiger partial charge in [0, 0.05) is 6.54 Å². The predicted molar refractivity (Wildman–Crippen MR) is 97.6 cm³/mol. The van der Waals surface area contributed by atoms with E-state index in [0.29, 0.717) is 18.9 Å². The van der Waals surface area contributed by atoms with Gasteiger partial charge in [0.1, 0.15) is 17.8 Å². The van der Waals surface area contributed by atoms with Gasteiger partial charge in [-0.25, -0.2) is 4.79 Å². The first-order valence-corrected chi connectivity index (χ1v) is 8.79. The quantitative estimate of drug-likeness (QED) is 0.694. The minimum Gasteiger partial charge on any atom is -0.497 e. The normalized spacial score (nSPS) is 19.7. The average Bonchev–Trinajstić information content (AvgIpc) is 2.82. The van der Waals surface area contributed by atoms with Crippen LogP contribution in [0.25, 0.3) is 0 Å². The molecule has 2 rings (SSSR count). The monoisotopic (exact) mass is 361 g/mol. The van der Waals surface area contributed by atoms with Gasteiger partial charge in [0.15, 0.2) is 0 Å². The summed E-state index contributed by atoms with van der Waals surface area (Å²) in [5.41, 5.74) is -0.0319. The molecule has 0 unspecified atom stereocenters. The Hall–Kier alpha value is -2.57. The largest absolute Gasteiger partial charge is 0.497 e. The summed E-state index contributed by atoms with van der Waals surface area (Å²) in [7, 11) is 1.59. The molecule has 1 fully saturated rings. The summed E-state index contributed by atoms with van der Waals surface area (Å²) in [4.78, 5) is 37.8. The first kappa shape index (κ1) is 19.8. The molecule has 0 aliphatic carbocycles. The summed E-state index contributed by atoms with van der Waals surface area (Å²) in [6, 6.07) is 6.78. The summed E-state index contributed by atoms with van der Waals surface area (Å²) >= 11 is 0. The lowest BCUT2D eigenvalue weighted by atomic mass is 9.92. The maximum absolute atomic E-state index is 12.6. The van der Waals surface area contributed by atoms with Crippen molar-refractivity contribution in [2.45, 2.75) is 45.7 Å². The van der Waals surface area contributed by atoms with Crippen molar-refractivity contribution >= 4 is 17.8 Å². The molecule has 1 aromatic rings. The van der Waals surface area contributed by atoms with Crippen LogP contribution in [-0.2, 0) is 16.1 Å². The smallest absolute Gasteiger partial charge is 0.325 e. The highest BCUT2D eigenvalue weighted by atomic mass is 16.5. The molecule has 0 bridgehead atoms. The van der Waals surface area contributed by atoms with Crippen LogP contribution in [0.3, 0.4) is 0 Å². The second kappa shape index (κ2) is 8.21. The first-order chi connectivity index (χ1) is 12.2. The summed E-state index contributed by atoms with van der Waals surface area (Å²) in [5, 5.41) is 5.45. The maximum Gasteiger partial charge on any atom is 0.325 e. The van der Waals surface area contributed by atoms with Gasteiger partial charge >= 0.3 is 6.03 Å². The molecule has 26 heavy (non-hydrogen) atoms. The number of carbonyl (C=O) groups is 3. The number of nitrogens with one attached hydrogen (secondary N) is 2. The molecular weight excluding hydrogens is 334 g/mol. The number of ether oxygens (including phenoxy) is 1. The van der Waals surface area contributed by atoms with E-state index >= 15 is 0 Å². The third kappa shape index (κ3) is 4.74. The van der Waals surface area contributed by atoms with Gasteiger partial charge in [-0.1, -0.05) is 26.0 Å². The Kier molecular flexibility index (Phi) is 6.23. The van der Waals surface area contributed by atoms with Gasteiger partial charge in [0.25, 0.3) is 5.91 Å². The number of imide groups is 1. The third-order valence-electron chi connectivity index (χ3n) is 4.52. The van der Waals surface area contributed by atoms with E-state index in [1.165, 1.54) is 0 Å². The van der Waals surface area contributed by atoms with Crippen molar-refractivity contribution in [3.8, 4) is 5.75 Å². The molecule has 7 heteroatoms. The van der Waals surface area contributed by atoms with E-state index in [-0.39, 0.29) is 18.4 Å². The number of hydrogen-bond acceptors (Lipinski definition) is 4. The van der Waals surface area contributed by atoms with E-state index in [0.717, 1.165) is 22.6 Å². The van der Waals surface area contributed by atoms with Gasteiger partial charge in [0.05, 0.1) is 7.11 Å². The summed E-state index contributed by atoms with van der Waals surface area (Å²) in [6.45, 7) is 5.88. The number of methoxy groups -OCH3 is 1. The van der Waals surface area contributed by atoms with E-state index in [9.17, 15) is 14.4 Å². The minimum absolute atomic E-state index is 0.280. The van der Waals surface area contributed by atoms with Gasteiger partial charge in [-0.15, -0.1) is 0 Å². The number of nitrogens with zero attached hydrogens (tertiary/aromatic N) is 1. The standard InChI is InChI=1S/C19H27N3O4/c1-13(2)9-10-19(3)17(24)22(18(25)21-19)12-16(23)20-11-14-5-7-15(26-4)8-6-14/h5-8,13H,9-12H2,1-4H3,(H,20,23)(H,21,25)/t19-/m0/s1. The second-order valence-electron chi connectivity index (χ2n) is 7.21. The van der Waals surface area contributed by atoms with E-state index in [1.807, 2.05) is 12.1 Å². The van der Waals surface area contributed by atoms with E-state index in [1.54, 1.807) is 26.2 Å². The van der Waals surface area contributed by atoms with E-state index < -0.39 is 11.6 Å². The van der Waals surface area contributed by atoms with Crippen LogP contribution < -0.4 is 15.4 Å². The molecule has 1 aliphatic rings. The van der Waals surface area contributed by atoms with Crippen LogP contribution in [0, 0.1) is 5.92 Å². The number of carbonyl (C=O) groups excluding carboxylic acids is 3. The SMILES string of the molecule is COc1ccc(CNC(=O)CN2C(=O)N[C@@](C)(CCC(C)C)C2=O)cc1. The molecular formula is C19H27N3O4. The average molecular weight is 361 g/mol. The molecule has 0 saturated carbocycles. The molecule has 4 amide bonds. The fourth-order valence-corrected chi connectivity index (χ4v) is 2.78. The zero-order chi connectivity index (χ0) is 19.3. The molecule has 142 valence electrons. The highest BCUT2D eigenvalue weighted by Crippen LogP contribution is 2.24. The number of hydrogen-bond donors (Lipinski definition) is 2. The third-order valence-corrected chi connectivity index (χ3v) is 4.52. The number of urea groups is 1. The first-order valence-electron chi connectivity index (χ1n) is 8.79. The van der Waals surface area contributed by atoms with Crippen molar-refractivity contribution in [1.82, 2.24) is 15.5 Å². The molecule has 0 spiro atoms. The predicted octanol–water partition coefficient (Wildman–Crippen LogP) is 2.06. The lowest BCUT2D eigenvalue weighted by molar-refractivity contribution is -0.134. The van der Waals surface area contributed by atoms with Crippen LogP contribution >= 0.6 is 0 Å². The van der Waals surface area contributed by atoms with Gasteiger partial charge < -0.3 is 15.4 Å². The van der Waals surface area contributed by atoms with Crippen molar-refractivity contribution < 1.29 is 19.1 Å². The summed E-state index contributed by atoms with van der Waals surface area (Å²) < 4.78 is 5.09.